The van der Waals surface area contributed by atoms with E-state index in [0.29, 0.717) is 33.0 Å². The third-order valence-corrected chi connectivity index (χ3v) is 7.80. The first-order chi connectivity index (χ1) is 18.2. The Labute approximate surface area is 231 Å². The van der Waals surface area contributed by atoms with Crippen molar-refractivity contribution in [1.82, 2.24) is 15.3 Å². The maximum atomic E-state index is 12.9. The molecule has 1 aliphatic heterocycles. The van der Waals surface area contributed by atoms with Gasteiger partial charge in [0.15, 0.2) is 6.10 Å². The van der Waals surface area contributed by atoms with Crippen LogP contribution in [0.25, 0.3) is 11.3 Å². The topological polar surface area (TPSA) is 80.3 Å². The summed E-state index contributed by atoms with van der Waals surface area (Å²) in [7, 11) is 1.08. The average Bonchev–Trinajstić information content (AvgIpc) is 2.90. The van der Waals surface area contributed by atoms with Crippen molar-refractivity contribution in [3.05, 3.63) is 34.4 Å². The quantitative estimate of drug-likeness (QED) is 0.312. The summed E-state index contributed by atoms with van der Waals surface area (Å²) < 4.78 is 48.7. The summed E-state index contributed by atoms with van der Waals surface area (Å²) in [5, 5.41) is 10.8. The molecule has 1 atom stereocenters. The Kier molecular flexibility index (Phi) is 10.3. The molecule has 2 aromatic heterocycles. The van der Waals surface area contributed by atoms with E-state index < -0.39 is 12.3 Å². The molecule has 2 aromatic rings. The van der Waals surface area contributed by atoms with Gasteiger partial charge < -0.3 is 25.4 Å². The standard InChI is InChI=1S/C26H34Cl2F3N5O2/c1-37-22(26(29,30)31)15-32-17-2-4-18(5-3-17)35-24-12-19(21(28)14-34-24)25-20(27)6-7-23(36-25)33-13-16-8-10-38-11-9-16/h6-7,12,14,16-18,22,32H,2-5,8-11,13,15H2,1H3,(H,33,36)(H,34,35)/t17?,18?,22-/m1/s1. The maximum absolute atomic E-state index is 12.9. The molecule has 210 valence electrons. The van der Waals surface area contributed by atoms with Crippen molar-refractivity contribution in [3.63, 3.8) is 0 Å². The second-order valence-electron chi connectivity index (χ2n) is 9.88. The van der Waals surface area contributed by atoms with Crippen molar-refractivity contribution in [3.8, 4) is 11.3 Å². The Bertz CT molecular complexity index is 1050. The predicted molar refractivity (Wildman–Crippen MR) is 144 cm³/mol. The first-order valence-corrected chi connectivity index (χ1v) is 13.7. The molecule has 1 saturated heterocycles. The van der Waals surface area contributed by atoms with Gasteiger partial charge in [-0.05, 0) is 62.6 Å². The minimum Gasteiger partial charge on any atom is -0.381 e. The number of alkyl halides is 3. The highest BCUT2D eigenvalue weighted by Gasteiger charge is 2.40. The Morgan fingerprint density at radius 2 is 1.74 bits per heavy atom. The van der Waals surface area contributed by atoms with Crippen molar-refractivity contribution in [2.75, 3.05) is 44.0 Å². The van der Waals surface area contributed by atoms with Crippen LogP contribution in [0.1, 0.15) is 38.5 Å². The fourth-order valence-electron chi connectivity index (χ4n) is 4.89. The molecule has 0 spiro atoms. The van der Waals surface area contributed by atoms with E-state index in [0.717, 1.165) is 71.2 Å². The number of anilines is 2. The summed E-state index contributed by atoms with van der Waals surface area (Å²) in [6.45, 7) is 2.15. The molecule has 0 bridgehead atoms. The Hall–Kier alpha value is -1.85. The third-order valence-electron chi connectivity index (χ3n) is 7.19. The van der Waals surface area contributed by atoms with E-state index in [1.807, 2.05) is 12.1 Å². The van der Waals surface area contributed by atoms with Gasteiger partial charge in [0.05, 0.1) is 15.7 Å². The van der Waals surface area contributed by atoms with Gasteiger partial charge in [0.2, 0.25) is 0 Å². The zero-order valence-electron chi connectivity index (χ0n) is 21.3. The fourth-order valence-corrected chi connectivity index (χ4v) is 5.29. The summed E-state index contributed by atoms with van der Waals surface area (Å²) in [6, 6.07) is 5.67. The van der Waals surface area contributed by atoms with Crippen molar-refractivity contribution >= 4 is 34.8 Å². The number of hydrogen-bond donors (Lipinski definition) is 3. The molecule has 3 heterocycles. The minimum absolute atomic E-state index is 0.0150. The van der Waals surface area contributed by atoms with E-state index >= 15 is 0 Å². The van der Waals surface area contributed by atoms with Crippen LogP contribution in [-0.2, 0) is 9.47 Å². The van der Waals surface area contributed by atoms with E-state index in [9.17, 15) is 13.2 Å². The molecule has 12 heteroatoms. The van der Waals surface area contributed by atoms with E-state index in [4.69, 9.17) is 32.9 Å². The van der Waals surface area contributed by atoms with Crippen LogP contribution in [0.4, 0.5) is 24.8 Å². The number of halogens is 5. The largest absolute Gasteiger partial charge is 0.415 e. The summed E-state index contributed by atoms with van der Waals surface area (Å²) in [4.78, 5) is 9.16. The lowest BCUT2D eigenvalue weighted by Crippen LogP contribution is -2.45. The lowest BCUT2D eigenvalue weighted by molar-refractivity contribution is -0.211. The second-order valence-corrected chi connectivity index (χ2v) is 10.7. The van der Waals surface area contributed by atoms with E-state index in [1.54, 1.807) is 12.3 Å². The highest BCUT2D eigenvalue weighted by Crippen LogP contribution is 2.34. The molecule has 0 amide bonds. The smallest absolute Gasteiger partial charge is 0.381 e. The van der Waals surface area contributed by atoms with Crippen LogP contribution in [-0.4, -0.2) is 67.7 Å². The lowest BCUT2D eigenvalue weighted by atomic mass is 9.91. The first-order valence-electron chi connectivity index (χ1n) is 13.0. The van der Waals surface area contributed by atoms with Crippen molar-refractivity contribution in [1.29, 1.82) is 0 Å². The molecule has 2 aliphatic rings. The number of methoxy groups -OCH3 is 1. The number of nitrogens with one attached hydrogen (secondary N) is 3. The van der Waals surface area contributed by atoms with Gasteiger partial charge in [-0.2, -0.15) is 13.2 Å². The van der Waals surface area contributed by atoms with Gasteiger partial charge in [-0.3, -0.25) is 0 Å². The predicted octanol–water partition coefficient (Wildman–Crippen LogP) is 6.18. The number of pyridine rings is 2. The van der Waals surface area contributed by atoms with E-state index in [-0.39, 0.29) is 18.6 Å². The SMILES string of the molecule is CO[C@H](CNC1CCC(Nc2cc(-c3nc(NCC4CCOCC4)ccc3Cl)c(Cl)cn2)CC1)C(F)(F)F. The van der Waals surface area contributed by atoms with Crippen molar-refractivity contribution in [2.24, 2.45) is 5.92 Å². The molecule has 4 rings (SSSR count). The number of ether oxygens (including phenoxy) is 2. The Morgan fingerprint density at radius 1 is 1.03 bits per heavy atom. The van der Waals surface area contributed by atoms with E-state index in [1.165, 1.54) is 0 Å². The van der Waals surface area contributed by atoms with Gasteiger partial charge in [0, 0.05) is 57.3 Å². The van der Waals surface area contributed by atoms with Crippen LogP contribution in [0.3, 0.4) is 0 Å². The summed E-state index contributed by atoms with van der Waals surface area (Å²) in [6.07, 6.45) is 0.547. The van der Waals surface area contributed by atoms with Crippen LogP contribution in [0.5, 0.6) is 0 Å². The summed E-state index contributed by atoms with van der Waals surface area (Å²) in [5.74, 6) is 1.92. The minimum atomic E-state index is -4.38. The Morgan fingerprint density at radius 3 is 2.42 bits per heavy atom. The second kappa shape index (κ2) is 13.5. The van der Waals surface area contributed by atoms with Gasteiger partial charge in [-0.1, -0.05) is 23.2 Å². The molecule has 2 fully saturated rings. The van der Waals surface area contributed by atoms with Gasteiger partial charge in [-0.25, -0.2) is 9.97 Å². The molecule has 38 heavy (non-hydrogen) atoms. The van der Waals surface area contributed by atoms with Crippen molar-refractivity contribution < 1.29 is 22.6 Å². The molecular weight excluding hydrogens is 542 g/mol. The van der Waals surface area contributed by atoms with Crippen molar-refractivity contribution in [2.45, 2.75) is 62.9 Å². The lowest BCUT2D eigenvalue weighted by Gasteiger charge is -2.31. The van der Waals surface area contributed by atoms with Gasteiger partial charge in [-0.15, -0.1) is 0 Å². The molecule has 7 nitrogen and oxygen atoms in total. The monoisotopic (exact) mass is 575 g/mol. The highest BCUT2D eigenvalue weighted by molar-refractivity contribution is 6.36. The summed E-state index contributed by atoms with van der Waals surface area (Å²) in [5.41, 5.74) is 1.25. The van der Waals surface area contributed by atoms with Crippen LogP contribution in [0.15, 0.2) is 24.4 Å². The normalized spacial score (nSPS) is 21.7. The van der Waals surface area contributed by atoms with Crippen LogP contribution < -0.4 is 16.0 Å². The number of aromatic nitrogens is 2. The van der Waals surface area contributed by atoms with Gasteiger partial charge in [0.1, 0.15) is 11.6 Å². The first kappa shape index (κ1) is 29.1. The molecule has 3 N–H and O–H groups in total. The number of hydrogen-bond acceptors (Lipinski definition) is 7. The molecular formula is C26H34Cl2F3N5O2. The maximum Gasteiger partial charge on any atom is 0.415 e. The summed E-state index contributed by atoms with van der Waals surface area (Å²) >= 11 is 13.0. The zero-order chi connectivity index (χ0) is 27.1. The Balaban J connectivity index is 1.34. The van der Waals surface area contributed by atoms with Crippen LogP contribution in [0.2, 0.25) is 10.0 Å². The zero-order valence-corrected chi connectivity index (χ0v) is 22.8. The molecule has 0 aromatic carbocycles. The average molecular weight is 576 g/mol. The number of nitrogens with zero attached hydrogens (tertiary/aromatic N) is 2. The molecule has 1 saturated carbocycles. The fraction of sp³-hybridized carbons (Fsp3) is 0.615. The molecule has 1 aliphatic carbocycles. The van der Waals surface area contributed by atoms with Gasteiger partial charge >= 0.3 is 6.18 Å². The van der Waals surface area contributed by atoms with Crippen LogP contribution in [0, 0.1) is 5.92 Å². The third kappa shape index (κ3) is 8.08. The number of rotatable bonds is 10. The van der Waals surface area contributed by atoms with Gasteiger partial charge in [0.25, 0.3) is 0 Å². The molecule has 0 radical (unpaired) electrons. The molecule has 0 unspecified atom stereocenters. The van der Waals surface area contributed by atoms with Crippen LogP contribution >= 0.6 is 23.2 Å². The highest BCUT2D eigenvalue weighted by atomic mass is 35.5. The van der Waals surface area contributed by atoms with E-state index in [2.05, 4.69) is 25.7 Å².